The van der Waals surface area contributed by atoms with E-state index >= 15 is 0 Å². The monoisotopic (exact) mass is 812 g/mol. The second-order valence-electron chi connectivity index (χ2n) is 0. The molecule has 0 amide bonds. The van der Waals surface area contributed by atoms with Crippen LogP contribution in [0.15, 0.2) is 0 Å². The van der Waals surface area contributed by atoms with E-state index < -0.39 is 0 Å². The van der Waals surface area contributed by atoms with Gasteiger partial charge in [0, 0.05) is 88.2 Å². The van der Waals surface area contributed by atoms with E-state index in [9.17, 15) is 0 Å². The van der Waals surface area contributed by atoms with E-state index in [4.69, 9.17) is 0 Å². The molecule has 5 nitrogen and oxygen atoms in total. The van der Waals surface area contributed by atoms with Gasteiger partial charge in [0.25, 0.3) is 0 Å². The maximum atomic E-state index is 0. The van der Waals surface area contributed by atoms with Gasteiger partial charge >= 0.3 is 0 Å². The van der Waals surface area contributed by atoms with Crippen molar-refractivity contribution in [3.05, 3.63) is 0 Å². The van der Waals surface area contributed by atoms with Gasteiger partial charge in [0.15, 0.2) is 0 Å². The van der Waals surface area contributed by atoms with Gasteiger partial charge in [-0.1, -0.05) is 0 Å². The number of rotatable bonds is 0. The zero-order chi connectivity index (χ0) is 0. The standard InChI is InChI=1S/5H3N.3Ta.W/h5*1H3;;;;. The second-order valence-corrected chi connectivity index (χ2v) is 0. The van der Waals surface area contributed by atoms with Crippen LogP contribution in [0.1, 0.15) is 0 Å². The molecule has 0 saturated heterocycles. The van der Waals surface area contributed by atoms with Crippen LogP contribution in [0.4, 0.5) is 0 Å². The minimum Gasteiger partial charge on any atom is -0.344 e. The summed E-state index contributed by atoms with van der Waals surface area (Å²) in [6.07, 6.45) is 0. The molecule has 0 fully saturated rings. The molecule has 0 bridgehead atoms. The van der Waals surface area contributed by atoms with Crippen molar-refractivity contribution in [3.63, 3.8) is 0 Å². The Kier molecular flexibility index (Phi) is 2800. The van der Waals surface area contributed by atoms with Gasteiger partial charge in [0.2, 0.25) is 0 Å². The zero-order valence-corrected chi connectivity index (χ0v) is 17.9. The molecule has 0 spiro atoms. The van der Waals surface area contributed by atoms with Crippen LogP contribution in [0.25, 0.3) is 0 Å². The van der Waals surface area contributed by atoms with Crippen LogP contribution in [0.5, 0.6) is 0 Å². The Morgan fingerprint density at radius 2 is 0.333 bits per heavy atom. The van der Waals surface area contributed by atoms with E-state index in [-0.39, 0.29) is 119 Å². The molecule has 0 saturated carbocycles. The molecule has 0 atom stereocenters. The van der Waals surface area contributed by atoms with E-state index in [0.29, 0.717) is 0 Å². The molecule has 0 heterocycles. The molecular weight excluding hydrogens is 797 g/mol. The van der Waals surface area contributed by atoms with Crippen LogP contribution < -0.4 is 30.8 Å². The molecular formula is H15N5Ta3W. The smallest absolute Gasteiger partial charge is 0 e. The van der Waals surface area contributed by atoms with E-state index in [0.717, 1.165) is 0 Å². The largest absolute Gasteiger partial charge is 0.344 e. The van der Waals surface area contributed by atoms with Crippen molar-refractivity contribution in [1.82, 2.24) is 30.8 Å². The Balaban J connectivity index is 0. The average molecular weight is 812 g/mol. The first-order chi connectivity index (χ1) is 0. The first-order valence-electron chi connectivity index (χ1n) is 0. The normalized spacial score (nSPS) is 0. The maximum absolute atomic E-state index is 0. The summed E-state index contributed by atoms with van der Waals surface area (Å²) >= 11 is 0. The third-order valence-electron chi connectivity index (χ3n) is 0. The molecule has 0 aliphatic carbocycles. The van der Waals surface area contributed by atoms with Crippen molar-refractivity contribution in [2.24, 2.45) is 0 Å². The third kappa shape index (κ3) is 111. The van der Waals surface area contributed by atoms with E-state index in [1.54, 1.807) is 0 Å². The molecule has 0 aromatic rings. The second kappa shape index (κ2) is 138. The van der Waals surface area contributed by atoms with Gasteiger partial charge < -0.3 is 30.8 Å². The zero-order valence-electron chi connectivity index (χ0n) is 5.29. The summed E-state index contributed by atoms with van der Waals surface area (Å²) in [5.41, 5.74) is 0. The molecule has 3 radical (unpaired) electrons. The van der Waals surface area contributed by atoms with Gasteiger partial charge in [-0.3, -0.25) is 0 Å². The fraction of sp³-hybridized carbons (Fsp3) is 0. The van der Waals surface area contributed by atoms with Crippen LogP contribution in [0, 0.1) is 0 Å². The van der Waals surface area contributed by atoms with Crippen molar-refractivity contribution in [1.29, 1.82) is 0 Å². The van der Waals surface area contributed by atoms with Crippen molar-refractivity contribution in [2.45, 2.75) is 0 Å². The van der Waals surface area contributed by atoms with Crippen LogP contribution in [0.3, 0.4) is 0 Å². The molecule has 0 aromatic carbocycles. The molecule has 9 heavy (non-hydrogen) atoms. The fourth-order valence-electron chi connectivity index (χ4n) is 0. The summed E-state index contributed by atoms with van der Waals surface area (Å²) in [5, 5.41) is 0. The summed E-state index contributed by atoms with van der Waals surface area (Å²) in [7, 11) is 0. The topological polar surface area (TPSA) is 175 Å². The van der Waals surface area contributed by atoms with Gasteiger partial charge in [-0.15, -0.1) is 0 Å². The predicted molar refractivity (Wildman–Crippen MR) is 25.1 cm³/mol. The summed E-state index contributed by atoms with van der Waals surface area (Å²) in [4.78, 5) is 0. The Morgan fingerprint density at radius 3 is 0.333 bits per heavy atom. The predicted octanol–water partition coefficient (Wildman–Crippen LogP) is 0.800. The molecule has 0 rings (SSSR count). The summed E-state index contributed by atoms with van der Waals surface area (Å²) in [6.45, 7) is 0. The summed E-state index contributed by atoms with van der Waals surface area (Å²) < 4.78 is 0. The van der Waals surface area contributed by atoms with Crippen molar-refractivity contribution < 1.29 is 88.2 Å². The molecule has 0 unspecified atom stereocenters. The summed E-state index contributed by atoms with van der Waals surface area (Å²) in [6, 6.07) is 0. The van der Waals surface area contributed by atoms with E-state index in [1.807, 2.05) is 0 Å². The fourth-order valence-corrected chi connectivity index (χ4v) is 0. The van der Waals surface area contributed by atoms with Crippen LogP contribution in [-0.2, 0) is 88.2 Å². The Morgan fingerprint density at radius 1 is 0.333 bits per heavy atom. The van der Waals surface area contributed by atoms with E-state index in [2.05, 4.69) is 0 Å². The maximum Gasteiger partial charge on any atom is 0 e. The van der Waals surface area contributed by atoms with Gasteiger partial charge in [0.05, 0.1) is 0 Å². The van der Waals surface area contributed by atoms with Gasteiger partial charge in [-0.05, 0) is 0 Å². The Bertz CT molecular complexity index is 12.2. The Hall–Kier alpha value is 2.71. The Labute approximate surface area is 117 Å². The van der Waals surface area contributed by atoms with Crippen LogP contribution in [0.2, 0.25) is 0 Å². The average Bonchev–Trinajstić information content (AvgIpc) is 0. The van der Waals surface area contributed by atoms with Gasteiger partial charge in [-0.2, -0.15) is 0 Å². The molecule has 0 aromatic heterocycles. The first-order valence-corrected chi connectivity index (χ1v) is 0. The number of hydrogen-bond donors (Lipinski definition) is 5. The molecule has 0 aliphatic rings. The molecule has 9 heteroatoms. The van der Waals surface area contributed by atoms with Crippen molar-refractivity contribution in [2.75, 3.05) is 0 Å². The summed E-state index contributed by atoms with van der Waals surface area (Å²) in [5.74, 6) is 0. The third-order valence-corrected chi connectivity index (χ3v) is 0. The minimum absolute atomic E-state index is 0. The number of hydrogen-bond acceptors (Lipinski definition) is 5. The quantitative estimate of drug-likeness (QED) is 0.243. The van der Waals surface area contributed by atoms with Crippen molar-refractivity contribution >= 4 is 0 Å². The molecule has 15 N–H and O–H groups in total. The molecule has 0 aliphatic heterocycles. The van der Waals surface area contributed by atoms with Crippen molar-refractivity contribution in [3.8, 4) is 0 Å². The van der Waals surface area contributed by atoms with Gasteiger partial charge in [-0.25, -0.2) is 0 Å². The SMILES string of the molecule is N.N.N.N.N.[Ta].[Ta].[Ta].[W]. The van der Waals surface area contributed by atoms with Gasteiger partial charge in [0.1, 0.15) is 0 Å². The van der Waals surface area contributed by atoms with Crippen LogP contribution in [-0.4, -0.2) is 0 Å². The van der Waals surface area contributed by atoms with E-state index in [1.165, 1.54) is 0 Å². The van der Waals surface area contributed by atoms with Crippen LogP contribution >= 0.6 is 0 Å². The first kappa shape index (κ1) is 183. The minimum atomic E-state index is 0. The molecule has 61 valence electrons.